The van der Waals surface area contributed by atoms with Crippen LogP contribution in [-0.2, 0) is 31.0 Å². The lowest BCUT2D eigenvalue weighted by Gasteiger charge is -2.19. The maximum atomic E-state index is 12.0. The highest BCUT2D eigenvalue weighted by Gasteiger charge is 2.24. The number of likely N-dealkylation sites (N-methyl/N-ethyl adjacent to an activating group) is 1. The Balaban J connectivity index is 1.67. The van der Waals surface area contributed by atoms with Gasteiger partial charge < -0.3 is 15.0 Å². The maximum Gasteiger partial charge on any atom is 0.306 e. The zero-order valence-corrected chi connectivity index (χ0v) is 16.7. The van der Waals surface area contributed by atoms with Crippen LogP contribution in [0.2, 0.25) is 0 Å². The summed E-state index contributed by atoms with van der Waals surface area (Å²) in [5.74, 6) is -0.985. The van der Waals surface area contributed by atoms with Crippen LogP contribution in [0.1, 0.15) is 51.2 Å². The predicted octanol–water partition coefficient (Wildman–Crippen LogP) is 2.20. The Labute approximate surface area is 161 Å². The molecule has 1 aromatic rings. The number of hydrogen-bond acceptors (Lipinski definition) is 4. The van der Waals surface area contributed by atoms with Crippen LogP contribution < -0.4 is 5.32 Å². The number of carbonyl (C=O) groups excluding carboxylic acids is 3. The maximum absolute atomic E-state index is 12.0. The number of nitrogens with zero attached hydrogens (tertiary/aromatic N) is 1. The van der Waals surface area contributed by atoms with Gasteiger partial charge in [-0.15, -0.1) is 0 Å². The molecule has 1 aliphatic rings. The number of amides is 2. The van der Waals surface area contributed by atoms with E-state index in [0.29, 0.717) is 6.42 Å². The Morgan fingerprint density at radius 2 is 1.78 bits per heavy atom. The predicted molar refractivity (Wildman–Crippen MR) is 103 cm³/mol. The molecule has 0 unspecified atom stereocenters. The zero-order chi connectivity index (χ0) is 20.0. The lowest BCUT2D eigenvalue weighted by Crippen LogP contribution is -2.40. The van der Waals surface area contributed by atoms with Crippen molar-refractivity contribution in [2.24, 2.45) is 0 Å². The number of benzene rings is 1. The van der Waals surface area contributed by atoms with Crippen molar-refractivity contribution < 1.29 is 19.1 Å². The number of nitrogens with one attached hydrogen (secondary N) is 1. The van der Waals surface area contributed by atoms with E-state index in [1.807, 2.05) is 12.1 Å². The molecular weight excluding hydrogens is 344 g/mol. The number of carbonyl (C=O) groups is 3. The van der Waals surface area contributed by atoms with Gasteiger partial charge >= 0.3 is 5.97 Å². The van der Waals surface area contributed by atoms with Crippen LogP contribution in [0.5, 0.6) is 0 Å². The van der Waals surface area contributed by atoms with Gasteiger partial charge in [-0.05, 0) is 35.8 Å². The molecule has 0 bridgehead atoms. The van der Waals surface area contributed by atoms with E-state index in [4.69, 9.17) is 4.74 Å². The average molecular weight is 374 g/mol. The molecule has 0 atom stereocenters. The topological polar surface area (TPSA) is 75.7 Å². The number of rotatable bonds is 8. The van der Waals surface area contributed by atoms with Crippen molar-refractivity contribution >= 4 is 17.8 Å². The molecule has 1 aromatic carbocycles. The highest BCUT2D eigenvalue weighted by molar-refractivity contribution is 5.86. The first kappa shape index (κ1) is 20.9. The summed E-state index contributed by atoms with van der Waals surface area (Å²) < 4.78 is 5.04. The minimum atomic E-state index is -0.418. The molecule has 0 aliphatic heterocycles. The molecule has 1 fully saturated rings. The fourth-order valence-corrected chi connectivity index (χ4v) is 2.55. The quantitative estimate of drug-likeness (QED) is 0.708. The lowest BCUT2D eigenvalue weighted by molar-refractivity contribution is -0.151. The summed E-state index contributed by atoms with van der Waals surface area (Å²) in [5, 5.41) is 2.82. The molecule has 2 amide bonds. The van der Waals surface area contributed by atoms with Gasteiger partial charge in [0.2, 0.25) is 5.91 Å². The molecule has 6 heteroatoms. The molecule has 27 heavy (non-hydrogen) atoms. The number of aryl methyl sites for hydroxylation is 1. The molecule has 1 aliphatic carbocycles. The van der Waals surface area contributed by atoms with Gasteiger partial charge in [-0.2, -0.15) is 0 Å². The van der Waals surface area contributed by atoms with E-state index in [1.54, 1.807) is 0 Å². The Morgan fingerprint density at radius 3 is 2.33 bits per heavy atom. The number of hydrogen-bond donors (Lipinski definition) is 1. The first-order valence-electron chi connectivity index (χ1n) is 9.43. The average Bonchev–Trinajstić information content (AvgIpc) is 3.41. The van der Waals surface area contributed by atoms with Gasteiger partial charge in [-0.25, -0.2) is 0 Å². The minimum absolute atomic E-state index is 0.0208. The summed E-state index contributed by atoms with van der Waals surface area (Å²) in [4.78, 5) is 36.8. The third kappa shape index (κ3) is 7.41. The fraction of sp³-hybridized carbons (Fsp3) is 0.571. The first-order chi connectivity index (χ1) is 12.6. The second-order valence-electron chi connectivity index (χ2n) is 8.20. The van der Waals surface area contributed by atoms with Gasteiger partial charge in [0, 0.05) is 19.5 Å². The molecule has 1 saturated carbocycles. The van der Waals surface area contributed by atoms with Gasteiger partial charge in [0.05, 0.1) is 6.54 Å². The summed E-state index contributed by atoms with van der Waals surface area (Å²) in [6.45, 7) is 6.11. The Hall–Kier alpha value is -2.37. The summed E-state index contributed by atoms with van der Waals surface area (Å²) in [7, 11) is 1.53. The SMILES string of the molecule is CN(CC(=O)NC1CC1)C(=O)COC(=O)CCc1ccc(C(C)(C)C)cc1. The molecule has 2 rings (SSSR count). The monoisotopic (exact) mass is 374 g/mol. The van der Waals surface area contributed by atoms with Gasteiger partial charge in [-0.1, -0.05) is 45.0 Å². The molecule has 6 nitrogen and oxygen atoms in total. The van der Waals surface area contributed by atoms with Crippen LogP contribution in [0.25, 0.3) is 0 Å². The summed E-state index contributed by atoms with van der Waals surface area (Å²) in [5.41, 5.74) is 2.40. The van der Waals surface area contributed by atoms with E-state index in [-0.39, 0.29) is 42.8 Å². The van der Waals surface area contributed by atoms with E-state index in [2.05, 4.69) is 38.2 Å². The van der Waals surface area contributed by atoms with Crippen LogP contribution in [0.15, 0.2) is 24.3 Å². The Morgan fingerprint density at radius 1 is 1.15 bits per heavy atom. The van der Waals surface area contributed by atoms with Gasteiger partial charge in [0.25, 0.3) is 5.91 Å². The van der Waals surface area contributed by atoms with Crippen LogP contribution in [0, 0.1) is 0 Å². The van der Waals surface area contributed by atoms with Gasteiger partial charge in [-0.3, -0.25) is 14.4 Å². The van der Waals surface area contributed by atoms with Crippen molar-refractivity contribution in [1.82, 2.24) is 10.2 Å². The standard InChI is InChI=1S/C21H30N2O4/c1-21(2,3)16-8-5-15(6-9-16)7-12-20(26)27-14-19(25)23(4)13-18(24)22-17-10-11-17/h5-6,8-9,17H,7,10-14H2,1-4H3,(H,22,24). The number of esters is 1. The van der Waals surface area contributed by atoms with Crippen molar-refractivity contribution in [2.45, 2.75) is 57.9 Å². The van der Waals surface area contributed by atoms with Gasteiger partial charge in [0.15, 0.2) is 6.61 Å². The molecular formula is C21H30N2O4. The second-order valence-corrected chi connectivity index (χ2v) is 8.20. The highest BCUT2D eigenvalue weighted by atomic mass is 16.5. The van der Waals surface area contributed by atoms with Crippen molar-refractivity contribution in [2.75, 3.05) is 20.2 Å². The molecule has 0 saturated heterocycles. The minimum Gasteiger partial charge on any atom is -0.456 e. The van der Waals surface area contributed by atoms with Crippen molar-refractivity contribution in [3.05, 3.63) is 35.4 Å². The summed E-state index contributed by atoms with van der Waals surface area (Å²) in [6.07, 6.45) is 2.78. The Kier molecular flexibility index (Phi) is 6.99. The fourth-order valence-electron chi connectivity index (χ4n) is 2.55. The van der Waals surface area contributed by atoms with Crippen LogP contribution in [0.3, 0.4) is 0 Å². The molecule has 0 spiro atoms. The van der Waals surface area contributed by atoms with E-state index in [0.717, 1.165) is 18.4 Å². The van der Waals surface area contributed by atoms with Crippen LogP contribution >= 0.6 is 0 Å². The smallest absolute Gasteiger partial charge is 0.306 e. The van der Waals surface area contributed by atoms with Crippen molar-refractivity contribution in [3.8, 4) is 0 Å². The van der Waals surface area contributed by atoms with E-state index in [9.17, 15) is 14.4 Å². The molecule has 0 heterocycles. The van der Waals surface area contributed by atoms with Crippen LogP contribution in [-0.4, -0.2) is 48.9 Å². The number of ether oxygens (including phenoxy) is 1. The largest absolute Gasteiger partial charge is 0.456 e. The molecule has 1 N–H and O–H groups in total. The Bertz CT molecular complexity index is 672. The second kappa shape index (κ2) is 9.02. The normalized spacial score (nSPS) is 13.8. The molecule has 148 valence electrons. The third-order valence-electron chi connectivity index (χ3n) is 4.54. The van der Waals surface area contributed by atoms with E-state index in [1.165, 1.54) is 17.5 Å². The zero-order valence-electron chi connectivity index (χ0n) is 16.7. The van der Waals surface area contributed by atoms with Gasteiger partial charge in [0.1, 0.15) is 0 Å². The third-order valence-corrected chi connectivity index (χ3v) is 4.54. The summed E-state index contributed by atoms with van der Waals surface area (Å²) >= 11 is 0. The first-order valence-corrected chi connectivity index (χ1v) is 9.43. The highest BCUT2D eigenvalue weighted by Crippen LogP contribution is 2.22. The van der Waals surface area contributed by atoms with E-state index < -0.39 is 5.97 Å². The summed E-state index contributed by atoms with van der Waals surface area (Å²) in [6, 6.07) is 8.45. The van der Waals surface area contributed by atoms with Crippen LogP contribution in [0.4, 0.5) is 0 Å². The van der Waals surface area contributed by atoms with Crippen molar-refractivity contribution in [1.29, 1.82) is 0 Å². The lowest BCUT2D eigenvalue weighted by atomic mass is 9.86. The van der Waals surface area contributed by atoms with Crippen molar-refractivity contribution in [3.63, 3.8) is 0 Å². The van der Waals surface area contributed by atoms with E-state index >= 15 is 0 Å². The molecule has 0 aromatic heterocycles. The molecule has 0 radical (unpaired) electrons.